The summed E-state index contributed by atoms with van der Waals surface area (Å²) in [5.41, 5.74) is -3.16. The second-order valence-corrected chi connectivity index (χ2v) is 9.20. The standard InChI is InChI=1S/C23H22ClF3N2O3/c1-21(2,16-7-3-5-14-8-10-32-19(14)16)12-22(31,23(25,26)27)13-29-11-17(24)18(30)15-6-4-9-28-20(15)29/h3-7,9,11,31H,8,10,12-13H2,1-2H3. The van der Waals surface area contributed by atoms with Gasteiger partial charge in [0.25, 0.3) is 0 Å². The molecule has 0 fully saturated rings. The molecule has 0 aliphatic carbocycles. The lowest BCUT2D eigenvalue weighted by Gasteiger charge is -2.39. The van der Waals surface area contributed by atoms with Crippen LogP contribution < -0.4 is 10.2 Å². The predicted molar refractivity (Wildman–Crippen MR) is 115 cm³/mol. The van der Waals surface area contributed by atoms with Crippen LogP contribution >= 0.6 is 11.6 Å². The molecule has 5 nitrogen and oxygen atoms in total. The lowest BCUT2D eigenvalue weighted by Crippen LogP contribution is -2.52. The van der Waals surface area contributed by atoms with Gasteiger partial charge < -0.3 is 14.4 Å². The van der Waals surface area contributed by atoms with Crippen molar-refractivity contribution in [3.63, 3.8) is 0 Å². The van der Waals surface area contributed by atoms with Crippen LogP contribution in [0, 0.1) is 0 Å². The summed E-state index contributed by atoms with van der Waals surface area (Å²) in [4.78, 5) is 16.3. The van der Waals surface area contributed by atoms with E-state index in [2.05, 4.69) is 4.98 Å². The normalized spacial score (nSPS) is 16.0. The van der Waals surface area contributed by atoms with Crippen LogP contribution in [-0.4, -0.2) is 33.0 Å². The van der Waals surface area contributed by atoms with Gasteiger partial charge in [-0.1, -0.05) is 43.6 Å². The number of aliphatic hydroxyl groups is 1. The number of aromatic nitrogens is 2. The topological polar surface area (TPSA) is 64.4 Å². The third-order valence-electron chi connectivity index (χ3n) is 5.93. The zero-order valence-electron chi connectivity index (χ0n) is 17.5. The Bertz CT molecular complexity index is 1240. The third-order valence-corrected chi connectivity index (χ3v) is 6.20. The zero-order valence-corrected chi connectivity index (χ0v) is 18.3. The Morgan fingerprint density at radius 1 is 1.22 bits per heavy atom. The average Bonchev–Trinajstić information content (AvgIpc) is 3.19. The number of alkyl halides is 3. The number of benzene rings is 1. The molecule has 1 atom stereocenters. The van der Waals surface area contributed by atoms with Crippen LogP contribution in [0.2, 0.25) is 5.02 Å². The quantitative estimate of drug-likeness (QED) is 0.594. The molecule has 4 rings (SSSR count). The number of para-hydroxylation sites is 1. The number of hydrogen-bond donors (Lipinski definition) is 1. The molecular weight excluding hydrogens is 445 g/mol. The summed E-state index contributed by atoms with van der Waals surface area (Å²) in [5.74, 6) is 0.584. The number of ether oxygens (including phenoxy) is 1. The Morgan fingerprint density at radius 2 is 1.97 bits per heavy atom. The van der Waals surface area contributed by atoms with E-state index < -0.39 is 35.6 Å². The van der Waals surface area contributed by atoms with Crippen LogP contribution in [0.5, 0.6) is 5.75 Å². The summed E-state index contributed by atoms with van der Waals surface area (Å²) >= 11 is 5.99. The number of pyridine rings is 2. The number of halogens is 4. The molecular formula is C23H22ClF3N2O3. The Balaban J connectivity index is 1.78. The molecule has 9 heteroatoms. The molecule has 1 N–H and O–H groups in total. The maximum Gasteiger partial charge on any atom is 0.418 e. The van der Waals surface area contributed by atoms with E-state index in [1.165, 1.54) is 18.3 Å². The van der Waals surface area contributed by atoms with Gasteiger partial charge in [0, 0.05) is 24.4 Å². The molecule has 0 spiro atoms. The van der Waals surface area contributed by atoms with Gasteiger partial charge >= 0.3 is 6.18 Å². The van der Waals surface area contributed by atoms with Gasteiger partial charge in [-0.2, -0.15) is 13.2 Å². The van der Waals surface area contributed by atoms with E-state index in [4.69, 9.17) is 16.3 Å². The van der Waals surface area contributed by atoms with Crippen molar-refractivity contribution in [1.82, 2.24) is 9.55 Å². The summed E-state index contributed by atoms with van der Waals surface area (Å²) in [6.45, 7) is 2.90. The first-order valence-corrected chi connectivity index (χ1v) is 10.5. The lowest BCUT2D eigenvalue weighted by atomic mass is 9.74. The molecule has 32 heavy (non-hydrogen) atoms. The van der Waals surface area contributed by atoms with Crippen LogP contribution in [0.15, 0.2) is 47.5 Å². The Labute approximate surface area is 187 Å². The largest absolute Gasteiger partial charge is 0.493 e. The van der Waals surface area contributed by atoms with Gasteiger partial charge in [0.2, 0.25) is 5.43 Å². The van der Waals surface area contributed by atoms with Gasteiger partial charge in [0.1, 0.15) is 16.4 Å². The van der Waals surface area contributed by atoms with Crippen molar-refractivity contribution in [2.24, 2.45) is 0 Å². The number of hydrogen-bond acceptors (Lipinski definition) is 4. The number of fused-ring (bicyclic) bond motifs is 2. The van der Waals surface area contributed by atoms with Crippen LogP contribution in [-0.2, 0) is 18.4 Å². The highest BCUT2D eigenvalue weighted by Gasteiger charge is 2.56. The van der Waals surface area contributed by atoms with Crippen molar-refractivity contribution < 1.29 is 23.0 Å². The minimum absolute atomic E-state index is 0.0197. The molecule has 1 aliphatic heterocycles. The first kappa shape index (κ1) is 22.6. The van der Waals surface area contributed by atoms with E-state index in [1.807, 2.05) is 6.07 Å². The fourth-order valence-corrected chi connectivity index (χ4v) is 4.63. The SMILES string of the molecule is CC(C)(CC(O)(Cn1cc(Cl)c(=O)c2cccnc21)C(F)(F)F)c1cccc2c1OCC2. The van der Waals surface area contributed by atoms with Crippen LogP contribution in [0.3, 0.4) is 0 Å². The van der Waals surface area contributed by atoms with Crippen molar-refractivity contribution in [3.8, 4) is 5.75 Å². The molecule has 2 aromatic heterocycles. The van der Waals surface area contributed by atoms with E-state index in [-0.39, 0.29) is 16.1 Å². The fourth-order valence-electron chi connectivity index (χ4n) is 4.41. The highest BCUT2D eigenvalue weighted by Crippen LogP contribution is 2.46. The van der Waals surface area contributed by atoms with E-state index in [0.717, 1.165) is 16.3 Å². The first-order valence-electron chi connectivity index (χ1n) is 10.1. The summed E-state index contributed by atoms with van der Waals surface area (Å²) in [5, 5.41) is 10.9. The van der Waals surface area contributed by atoms with Crippen molar-refractivity contribution in [3.05, 3.63) is 69.1 Å². The van der Waals surface area contributed by atoms with E-state index in [9.17, 15) is 23.1 Å². The molecule has 1 aromatic carbocycles. The number of rotatable bonds is 5. The van der Waals surface area contributed by atoms with Gasteiger partial charge in [-0.3, -0.25) is 4.79 Å². The lowest BCUT2D eigenvalue weighted by molar-refractivity contribution is -0.271. The highest BCUT2D eigenvalue weighted by molar-refractivity contribution is 6.31. The smallest absolute Gasteiger partial charge is 0.418 e. The molecule has 0 saturated carbocycles. The second kappa shape index (κ2) is 7.78. The summed E-state index contributed by atoms with van der Waals surface area (Å²) in [6, 6.07) is 8.34. The third kappa shape index (κ3) is 3.86. The van der Waals surface area contributed by atoms with Crippen molar-refractivity contribution in [2.75, 3.05) is 6.61 Å². The van der Waals surface area contributed by atoms with Crippen LogP contribution in [0.1, 0.15) is 31.4 Å². The fraction of sp³-hybridized carbons (Fsp3) is 0.391. The van der Waals surface area contributed by atoms with Crippen molar-refractivity contribution >= 4 is 22.6 Å². The molecule has 1 unspecified atom stereocenters. The first-order chi connectivity index (χ1) is 14.9. The Morgan fingerprint density at radius 3 is 2.69 bits per heavy atom. The highest BCUT2D eigenvalue weighted by atomic mass is 35.5. The van der Waals surface area contributed by atoms with E-state index in [0.29, 0.717) is 24.3 Å². The summed E-state index contributed by atoms with van der Waals surface area (Å²) in [7, 11) is 0. The molecule has 3 heterocycles. The van der Waals surface area contributed by atoms with Crippen LogP contribution in [0.4, 0.5) is 13.2 Å². The molecule has 3 aromatic rings. The maximum absolute atomic E-state index is 14.3. The molecule has 0 saturated heterocycles. The van der Waals surface area contributed by atoms with Gasteiger partial charge in [0.15, 0.2) is 5.60 Å². The predicted octanol–water partition coefficient (Wildman–Crippen LogP) is 4.65. The molecule has 0 radical (unpaired) electrons. The summed E-state index contributed by atoms with van der Waals surface area (Å²) in [6.07, 6.45) is -2.45. The van der Waals surface area contributed by atoms with E-state index >= 15 is 0 Å². The average molecular weight is 467 g/mol. The van der Waals surface area contributed by atoms with Gasteiger partial charge in [-0.25, -0.2) is 4.98 Å². The molecule has 0 bridgehead atoms. The summed E-state index contributed by atoms with van der Waals surface area (Å²) < 4.78 is 49.6. The zero-order chi connectivity index (χ0) is 23.3. The van der Waals surface area contributed by atoms with Crippen molar-refractivity contribution in [1.29, 1.82) is 0 Å². The number of nitrogens with zero attached hydrogens (tertiary/aromatic N) is 2. The minimum Gasteiger partial charge on any atom is -0.493 e. The van der Waals surface area contributed by atoms with E-state index in [1.54, 1.807) is 26.0 Å². The van der Waals surface area contributed by atoms with Gasteiger partial charge in [-0.15, -0.1) is 0 Å². The second-order valence-electron chi connectivity index (χ2n) is 8.79. The van der Waals surface area contributed by atoms with Crippen LogP contribution in [0.25, 0.3) is 11.0 Å². The van der Waals surface area contributed by atoms with Crippen molar-refractivity contribution in [2.45, 2.75) is 50.4 Å². The Hall–Kier alpha value is -2.58. The minimum atomic E-state index is -4.96. The Kier molecular flexibility index (Phi) is 5.49. The monoisotopic (exact) mass is 466 g/mol. The van der Waals surface area contributed by atoms with Gasteiger partial charge in [0.05, 0.1) is 18.5 Å². The molecule has 1 aliphatic rings. The molecule has 170 valence electrons. The van der Waals surface area contributed by atoms with Gasteiger partial charge in [-0.05, 0) is 29.5 Å². The molecule has 0 amide bonds. The maximum atomic E-state index is 14.3.